The zero-order valence-corrected chi connectivity index (χ0v) is 19.1. The molecule has 3 aliphatic rings. The normalized spacial score (nSPS) is 26.5. The van der Waals surface area contributed by atoms with E-state index in [1.54, 1.807) is 10.9 Å². The summed E-state index contributed by atoms with van der Waals surface area (Å²) in [5.41, 5.74) is 1.34. The number of piperidine rings is 1. The second-order valence-electron chi connectivity index (χ2n) is 9.73. The molecule has 0 spiro atoms. The van der Waals surface area contributed by atoms with Gasteiger partial charge < -0.3 is 14.7 Å². The van der Waals surface area contributed by atoms with Crippen molar-refractivity contribution in [3.05, 3.63) is 51.9 Å². The second-order valence-corrected chi connectivity index (χ2v) is 10.8. The number of benzene rings is 1. The SMILES string of the molecule is CN1[C@@H]2CC[C@H]1C[C@@H](Oc1ccc(-n3cnc4cc(C(O)CC5CC5)sc4c3=O)cc1)C2. The highest BCUT2D eigenvalue weighted by molar-refractivity contribution is 7.19. The number of aliphatic hydroxyl groups is 1. The Hall–Kier alpha value is -2.22. The highest BCUT2D eigenvalue weighted by Crippen LogP contribution is 2.40. The van der Waals surface area contributed by atoms with Crippen LogP contribution in [-0.2, 0) is 0 Å². The maximum Gasteiger partial charge on any atom is 0.275 e. The van der Waals surface area contributed by atoms with E-state index < -0.39 is 6.10 Å². The Morgan fingerprint density at radius 2 is 1.88 bits per heavy atom. The number of hydrogen-bond acceptors (Lipinski definition) is 6. The predicted molar refractivity (Wildman–Crippen MR) is 126 cm³/mol. The molecule has 7 heteroatoms. The van der Waals surface area contributed by atoms with Crippen molar-refractivity contribution in [1.29, 1.82) is 0 Å². The first-order valence-electron chi connectivity index (χ1n) is 11.7. The number of ether oxygens (including phenoxy) is 1. The molecule has 1 aromatic carbocycles. The Balaban J connectivity index is 1.20. The first kappa shape index (κ1) is 20.4. The minimum Gasteiger partial charge on any atom is -0.490 e. The van der Waals surface area contributed by atoms with Crippen molar-refractivity contribution >= 4 is 21.6 Å². The molecule has 0 amide bonds. The number of aromatic nitrogens is 2. The van der Waals surface area contributed by atoms with Crippen LogP contribution in [0.1, 0.15) is 55.9 Å². The van der Waals surface area contributed by atoms with Crippen LogP contribution < -0.4 is 10.3 Å². The van der Waals surface area contributed by atoms with E-state index in [0.29, 0.717) is 28.2 Å². The fourth-order valence-corrected chi connectivity index (χ4v) is 6.44. The Morgan fingerprint density at radius 1 is 1.16 bits per heavy atom. The summed E-state index contributed by atoms with van der Waals surface area (Å²) in [4.78, 5) is 21.0. The lowest BCUT2D eigenvalue weighted by atomic mass is 10.0. The van der Waals surface area contributed by atoms with Crippen LogP contribution in [0.4, 0.5) is 0 Å². The predicted octanol–water partition coefficient (Wildman–Crippen LogP) is 4.28. The monoisotopic (exact) mass is 451 g/mol. The third-order valence-electron chi connectivity index (χ3n) is 7.51. The number of rotatable bonds is 6. The summed E-state index contributed by atoms with van der Waals surface area (Å²) in [6, 6.07) is 10.9. The van der Waals surface area contributed by atoms with Crippen molar-refractivity contribution in [3.63, 3.8) is 0 Å². The van der Waals surface area contributed by atoms with Crippen LogP contribution in [0.2, 0.25) is 0 Å². The molecule has 0 radical (unpaired) electrons. The molecule has 2 saturated heterocycles. The van der Waals surface area contributed by atoms with Crippen LogP contribution >= 0.6 is 11.3 Å². The second kappa shape index (κ2) is 7.97. The molecular weight excluding hydrogens is 422 g/mol. The molecule has 1 unspecified atom stereocenters. The summed E-state index contributed by atoms with van der Waals surface area (Å²) in [5.74, 6) is 1.48. The molecule has 6 rings (SSSR count). The van der Waals surface area contributed by atoms with Crippen molar-refractivity contribution in [2.75, 3.05) is 7.05 Å². The molecule has 6 nitrogen and oxygen atoms in total. The third-order valence-corrected chi connectivity index (χ3v) is 8.72. The van der Waals surface area contributed by atoms with Gasteiger partial charge in [0, 0.05) is 17.0 Å². The third kappa shape index (κ3) is 3.76. The fraction of sp³-hybridized carbons (Fsp3) is 0.520. The Kier molecular flexibility index (Phi) is 5.08. The lowest BCUT2D eigenvalue weighted by Gasteiger charge is -2.36. The van der Waals surface area contributed by atoms with Gasteiger partial charge in [-0.25, -0.2) is 4.98 Å². The van der Waals surface area contributed by atoms with Gasteiger partial charge in [0.05, 0.1) is 17.3 Å². The quantitative estimate of drug-likeness (QED) is 0.606. The molecule has 3 aromatic rings. The first-order chi connectivity index (χ1) is 15.5. The van der Waals surface area contributed by atoms with E-state index in [0.717, 1.165) is 35.6 Å². The van der Waals surface area contributed by atoms with E-state index in [-0.39, 0.29) is 11.7 Å². The smallest absolute Gasteiger partial charge is 0.275 e. The minimum absolute atomic E-state index is 0.0922. The highest BCUT2D eigenvalue weighted by Gasteiger charge is 2.39. The minimum atomic E-state index is -0.499. The Bertz CT molecular complexity index is 1170. The van der Waals surface area contributed by atoms with Crippen molar-refractivity contribution in [2.24, 2.45) is 5.92 Å². The van der Waals surface area contributed by atoms with Gasteiger partial charge in [-0.05, 0) is 75.4 Å². The summed E-state index contributed by atoms with van der Waals surface area (Å²) in [6.45, 7) is 0. The summed E-state index contributed by atoms with van der Waals surface area (Å²) in [6.07, 6.45) is 9.26. The maximum absolute atomic E-state index is 13.1. The van der Waals surface area contributed by atoms with Gasteiger partial charge in [-0.3, -0.25) is 9.36 Å². The van der Waals surface area contributed by atoms with Crippen LogP contribution in [0.25, 0.3) is 15.9 Å². The standard InChI is InChI=1S/C25H29N3O3S/c1-27-17-4-5-18(27)12-20(11-17)31-19-8-6-16(7-9-19)28-14-26-21-13-23(32-24(21)25(28)30)22(29)10-15-2-3-15/h6-9,13-15,17-18,20,22,29H,2-5,10-12H2,1H3/t17-,18+,20+,22?. The van der Waals surface area contributed by atoms with Crippen LogP contribution in [0.15, 0.2) is 41.5 Å². The van der Waals surface area contributed by atoms with Gasteiger partial charge in [0.25, 0.3) is 5.56 Å². The number of hydrogen-bond donors (Lipinski definition) is 1. The number of nitrogens with zero attached hydrogens (tertiary/aromatic N) is 3. The van der Waals surface area contributed by atoms with Gasteiger partial charge in [0.1, 0.15) is 22.9 Å². The van der Waals surface area contributed by atoms with Crippen LogP contribution in [0.3, 0.4) is 0 Å². The van der Waals surface area contributed by atoms with E-state index in [2.05, 4.69) is 16.9 Å². The molecule has 2 aliphatic heterocycles. The number of fused-ring (bicyclic) bond motifs is 3. The van der Waals surface area contributed by atoms with E-state index in [1.807, 2.05) is 30.3 Å². The van der Waals surface area contributed by atoms with E-state index in [1.165, 1.54) is 37.0 Å². The highest BCUT2D eigenvalue weighted by atomic mass is 32.1. The van der Waals surface area contributed by atoms with Gasteiger partial charge in [0.2, 0.25) is 0 Å². The number of thiophene rings is 1. The molecule has 3 fully saturated rings. The topological polar surface area (TPSA) is 67.6 Å². The fourth-order valence-electron chi connectivity index (χ4n) is 5.40. The molecule has 1 N–H and O–H groups in total. The van der Waals surface area contributed by atoms with Crippen molar-refractivity contribution in [1.82, 2.24) is 14.5 Å². The van der Waals surface area contributed by atoms with Crippen molar-refractivity contribution in [3.8, 4) is 11.4 Å². The zero-order chi connectivity index (χ0) is 21.8. The number of aliphatic hydroxyl groups excluding tert-OH is 1. The lowest BCUT2D eigenvalue weighted by molar-refractivity contribution is 0.0662. The molecule has 32 heavy (non-hydrogen) atoms. The van der Waals surface area contributed by atoms with Crippen molar-refractivity contribution in [2.45, 2.75) is 69.2 Å². The zero-order valence-electron chi connectivity index (χ0n) is 18.3. The van der Waals surface area contributed by atoms with Gasteiger partial charge in [0.15, 0.2) is 0 Å². The van der Waals surface area contributed by atoms with Gasteiger partial charge in [-0.2, -0.15) is 0 Å². The summed E-state index contributed by atoms with van der Waals surface area (Å²) < 4.78 is 8.46. The van der Waals surface area contributed by atoms with Gasteiger partial charge in [-0.15, -0.1) is 11.3 Å². The molecule has 1 aliphatic carbocycles. The molecule has 1 saturated carbocycles. The lowest BCUT2D eigenvalue weighted by Crippen LogP contribution is -2.43. The average Bonchev–Trinajstić information content (AvgIpc) is 3.45. The first-order valence-corrected chi connectivity index (χ1v) is 12.5. The van der Waals surface area contributed by atoms with E-state index in [9.17, 15) is 9.90 Å². The maximum atomic E-state index is 13.1. The molecule has 2 bridgehead atoms. The molecule has 2 aromatic heterocycles. The summed E-state index contributed by atoms with van der Waals surface area (Å²) in [7, 11) is 2.24. The Morgan fingerprint density at radius 3 is 2.56 bits per heavy atom. The van der Waals surface area contributed by atoms with E-state index >= 15 is 0 Å². The van der Waals surface area contributed by atoms with Crippen LogP contribution in [-0.4, -0.2) is 44.8 Å². The van der Waals surface area contributed by atoms with Crippen LogP contribution in [0.5, 0.6) is 5.75 Å². The average molecular weight is 452 g/mol. The summed E-state index contributed by atoms with van der Waals surface area (Å²) in [5, 5.41) is 10.5. The molecular formula is C25H29N3O3S. The molecule has 168 valence electrons. The Labute approximate surface area is 191 Å². The van der Waals surface area contributed by atoms with Crippen LogP contribution in [0, 0.1) is 5.92 Å². The van der Waals surface area contributed by atoms with Gasteiger partial charge in [-0.1, -0.05) is 12.8 Å². The largest absolute Gasteiger partial charge is 0.490 e. The molecule has 4 heterocycles. The van der Waals surface area contributed by atoms with Gasteiger partial charge >= 0.3 is 0 Å². The summed E-state index contributed by atoms with van der Waals surface area (Å²) >= 11 is 1.37. The van der Waals surface area contributed by atoms with Crippen molar-refractivity contribution < 1.29 is 9.84 Å². The van der Waals surface area contributed by atoms with E-state index in [4.69, 9.17) is 4.74 Å². The molecule has 4 atom stereocenters.